The van der Waals surface area contributed by atoms with E-state index in [4.69, 9.17) is 12.2 Å². The molecule has 0 aliphatic carbocycles. The highest BCUT2D eigenvalue weighted by Crippen LogP contribution is 2.14. The second kappa shape index (κ2) is 3.00. The van der Waals surface area contributed by atoms with Crippen LogP contribution in [-0.2, 0) is 4.79 Å². The lowest BCUT2D eigenvalue weighted by Crippen LogP contribution is -2.26. The smallest absolute Gasteiger partial charge is 0.257 e. The number of carbonyl (C=O) groups is 1. The molecule has 1 fully saturated rings. The predicted molar refractivity (Wildman–Crippen MR) is 50.7 cm³/mol. The third kappa shape index (κ3) is 1.24. The van der Waals surface area contributed by atoms with Gasteiger partial charge in [-0.1, -0.05) is 0 Å². The summed E-state index contributed by atoms with van der Waals surface area (Å²) in [7, 11) is 0. The first-order valence-corrected chi connectivity index (χ1v) is 4.31. The fourth-order valence-corrected chi connectivity index (χ4v) is 1.52. The van der Waals surface area contributed by atoms with Crippen molar-refractivity contribution in [2.75, 3.05) is 13.1 Å². The lowest BCUT2D eigenvalue weighted by molar-refractivity contribution is -0.121. The first-order valence-electron chi connectivity index (χ1n) is 2.94. The second-order valence-electron chi connectivity index (χ2n) is 1.97. The molecule has 0 spiro atoms. The first-order chi connectivity index (χ1) is 4.66. The molecule has 3 nitrogen and oxygen atoms in total. The molecule has 0 aromatic carbocycles. The number of nitrogens with zero attached hydrogens (tertiary/aromatic N) is 2. The van der Waals surface area contributed by atoms with Crippen molar-refractivity contribution < 1.29 is 4.79 Å². The quantitative estimate of drug-likeness (QED) is 0.400. The molecule has 1 aliphatic rings. The molecule has 1 rings (SSSR count). The standard InChI is InChI=1S/C5H7IN2OS/c1-2-7-3-4(9)8(6)5(7)10/h2-3H2,1H3. The Kier molecular flexibility index (Phi) is 2.45. The van der Waals surface area contributed by atoms with E-state index >= 15 is 0 Å². The monoisotopic (exact) mass is 270 g/mol. The minimum absolute atomic E-state index is 0.0763. The van der Waals surface area contributed by atoms with Crippen LogP contribution in [0.2, 0.25) is 0 Å². The molecule has 0 saturated carbocycles. The van der Waals surface area contributed by atoms with E-state index < -0.39 is 0 Å². The van der Waals surface area contributed by atoms with E-state index in [1.54, 1.807) is 0 Å². The van der Waals surface area contributed by atoms with Crippen molar-refractivity contribution in [1.82, 2.24) is 8.01 Å². The van der Waals surface area contributed by atoms with Crippen LogP contribution in [0.15, 0.2) is 0 Å². The van der Waals surface area contributed by atoms with E-state index in [-0.39, 0.29) is 5.91 Å². The van der Waals surface area contributed by atoms with Crippen LogP contribution >= 0.6 is 35.1 Å². The maximum absolute atomic E-state index is 10.9. The Balaban J connectivity index is 2.71. The largest absolute Gasteiger partial charge is 0.339 e. The van der Waals surface area contributed by atoms with Crippen molar-refractivity contribution in [3.05, 3.63) is 0 Å². The Morgan fingerprint density at radius 2 is 2.40 bits per heavy atom. The molecular formula is C5H7IN2OS. The summed E-state index contributed by atoms with van der Waals surface area (Å²) < 4.78 is 1.48. The molecule has 0 N–H and O–H groups in total. The molecule has 0 unspecified atom stereocenters. The number of rotatable bonds is 1. The fraction of sp³-hybridized carbons (Fsp3) is 0.600. The zero-order valence-electron chi connectivity index (χ0n) is 5.50. The summed E-state index contributed by atoms with van der Waals surface area (Å²) in [4.78, 5) is 12.8. The van der Waals surface area contributed by atoms with Crippen molar-refractivity contribution in [1.29, 1.82) is 0 Å². The lowest BCUT2D eigenvalue weighted by Gasteiger charge is -2.12. The van der Waals surface area contributed by atoms with Gasteiger partial charge in [-0.05, 0) is 19.1 Å². The summed E-state index contributed by atoms with van der Waals surface area (Å²) in [6.07, 6.45) is 0. The molecule has 0 aromatic rings. The molecule has 1 saturated heterocycles. The Morgan fingerprint density at radius 1 is 1.80 bits per heavy atom. The third-order valence-electron chi connectivity index (χ3n) is 1.37. The maximum atomic E-state index is 10.9. The molecule has 0 bridgehead atoms. The summed E-state index contributed by atoms with van der Waals surface area (Å²) in [6.45, 7) is 3.23. The molecule has 1 heterocycles. The molecule has 0 radical (unpaired) electrons. The number of carbonyl (C=O) groups excluding carboxylic acids is 1. The van der Waals surface area contributed by atoms with E-state index in [2.05, 4.69) is 0 Å². The molecule has 5 heteroatoms. The van der Waals surface area contributed by atoms with Gasteiger partial charge in [0.15, 0.2) is 5.11 Å². The average Bonchev–Trinajstić information content (AvgIpc) is 2.17. The average molecular weight is 270 g/mol. The fourth-order valence-electron chi connectivity index (χ4n) is 0.771. The first kappa shape index (κ1) is 8.19. The van der Waals surface area contributed by atoms with E-state index in [1.165, 1.54) is 3.11 Å². The zero-order chi connectivity index (χ0) is 7.72. The number of thiocarbonyl (C=S) groups is 1. The van der Waals surface area contributed by atoms with Gasteiger partial charge in [0.1, 0.15) is 6.54 Å². The van der Waals surface area contributed by atoms with Gasteiger partial charge >= 0.3 is 0 Å². The van der Waals surface area contributed by atoms with Gasteiger partial charge in [-0.15, -0.1) is 0 Å². The van der Waals surface area contributed by atoms with Gasteiger partial charge in [0.2, 0.25) is 0 Å². The summed E-state index contributed by atoms with van der Waals surface area (Å²) in [6, 6.07) is 0. The Morgan fingerprint density at radius 3 is 2.60 bits per heavy atom. The highest BCUT2D eigenvalue weighted by molar-refractivity contribution is 14.1. The third-order valence-corrected chi connectivity index (χ3v) is 3.13. The van der Waals surface area contributed by atoms with Gasteiger partial charge in [-0.25, -0.2) is 3.11 Å². The highest BCUT2D eigenvalue weighted by atomic mass is 127. The van der Waals surface area contributed by atoms with Gasteiger partial charge in [0.05, 0.1) is 22.9 Å². The number of amides is 1. The van der Waals surface area contributed by atoms with Crippen LogP contribution in [0.25, 0.3) is 0 Å². The van der Waals surface area contributed by atoms with Crippen LogP contribution in [-0.4, -0.2) is 32.1 Å². The van der Waals surface area contributed by atoms with Gasteiger partial charge in [0.25, 0.3) is 5.91 Å². The summed E-state index contributed by atoms with van der Waals surface area (Å²) in [5, 5.41) is 0.633. The van der Waals surface area contributed by atoms with E-state index in [9.17, 15) is 4.79 Å². The van der Waals surface area contributed by atoms with E-state index in [0.29, 0.717) is 11.7 Å². The molecule has 10 heavy (non-hydrogen) atoms. The van der Waals surface area contributed by atoms with Crippen molar-refractivity contribution in [2.24, 2.45) is 0 Å². The number of likely N-dealkylation sites (N-methyl/N-ethyl adjacent to an activating group) is 1. The minimum atomic E-state index is 0.0763. The topological polar surface area (TPSA) is 23.6 Å². The molecule has 0 atom stereocenters. The molecule has 1 amide bonds. The minimum Gasteiger partial charge on any atom is -0.339 e. The van der Waals surface area contributed by atoms with Crippen LogP contribution in [0.5, 0.6) is 0 Å². The Bertz CT molecular complexity index is 184. The Labute approximate surface area is 78.9 Å². The summed E-state index contributed by atoms with van der Waals surface area (Å²) >= 11 is 6.89. The lowest BCUT2D eigenvalue weighted by atomic mass is 10.6. The zero-order valence-corrected chi connectivity index (χ0v) is 8.48. The van der Waals surface area contributed by atoms with Crippen LogP contribution in [0.3, 0.4) is 0 Å². The summed E-state index contributed by atoms with van der Waals surface area (Å²) in [5.74, 6) is 0.0763. The van der Waals surface area contributed by atoms with Crippen molar-refractivity contribution in [3.8, 4) is 0 Å². The normalized spacial score (nSPS) is 19.0. The molecule has 1 aliphatic heterocycles. The van der Waals surface area contributed by atoms with Gasteiger partial charge in [0, 0.05) is 6.54 Å². The molecule has 0 aromatic heterocycles. The van der Waals surface area contributed by atoms with Crippen LogP contribution < -0.4 is 0 Å². The Hall–Kier alpha value is 0.0900. The van der Waals surface area contributed by atoms with Gasteiger partial charge in [-0.2, -0.15) is 0 Å². The summed E-state index contributed by atoms with van der Waals surface area (Å²) in [5.41, 5.74) is 0. The van der Waals surface area contributed by atoms with Crippen LogP contribution in [0.4, 0.5) is 0 Å². The van der Waals surface area contributed by atoms with Gasteiger partial charge in [-0.3, -0.25) is 4.79 Å². The van der Waals surface area contributed by atoms with E-state index in [1.807, 2.05) is 34.7 Å². The van der Waals surface area contributed by atoms with Crippen molar-refractivity contribution in [3.63, 3.8) is 0 Å². The van der Waals surface area contributed by atoms with E-state index in [0.717, 1.165) is 6.54 Å². The predicted octanol–water partition coefficient (Wildman–Crippen LogP) is 0.785. The highest BCUT2D eigenvalue weighted by Gasteiger charge is 2.29. The number of hydrogen-bond acceptors (Lipinski definition) is 2. The second-order valence-corrected chi connectivity index (χ2v) is 3.30. The van der Waals surface area contributed by atoms with Crippen LogP contribution in [0, 0.1) is 0 Å². The van der Waals surface area contributed by atoms with Gasteiger partial charge < -0.3 is 4.90 Å². The van der Waals surface area contributed by atoms with Crippen LogP contribution in [0.1, 0.15) is 6.92 Å². The number of halogens is 1. The molecular weight excluding hydrogens is 263 g/mol. The van der Waals surface area contributed by atoms with Crippen molar-refractivity contribution in [2.45, 2.75) is 6.92 Å². The maximum Gasteiger partial charge on any atom is 0.257 e. The van der Waals surface area contributed by atoms with Crippen molar-refractivity contribution >= 4 is 46.1 Å². The number of hydrogen-bond donors (Lipinski definition) is 0. The molecule has 56 valence electrons. The SMILES string of the molecule is CCN1CC(=O)N(I)C1=S.